The number of allylic oxidation sites excluding steroid dienone is 1. The van der Waals surface area contributed by atoms with Gasteiger partial charge in [-0.3, -0.25) is 4.99 Å². The number of aliphatic imine (C=N–C) groups is 1. The van der Waals surface area contributed by atoms with Crippen molar-refractivity contribution in [2.75, 3.05) is 39.8 Å². The van der Waals surface area contributed by atoms with Crippen molar-refractivity contribution in [3.8, 4) is 0 Å². The fourth-order valence-electron chi connectivity index (χ4n) is 8.34. The van der Waals surface area contributed by atoms with Crippen LogP contribution in [0.5, 0.6) is 0 Å². The van der Waals surface area contributed by atoms with Crippen LogP contribution in [0, 0.1) is 17.7 Å². The molecule has 1 aromatic rings. The van der Waals surface area contributed by atoms with Gasteiger partial charge < -0.3 is 24.9 Å². The molecule has 1 N–H and O–H groups in total. The third kappa shape index (κ3) is 6.42. The van der Waals surface area contributed by atoms with Crippen LogP contribution in [0.15, 0.2) is 70.9 Å². The van der Waals surface area contributed by atoms with Crippen LogP contribution >= 0.6 is 0 Å². The van der Waals surface area contributed by atoms with Crippen LogP contribution in [0.4, 0.5) is 13.2 Å². The molecule has 2 fully saturated rings. The molecule has 2 saturated heterocycles. The maximum absolute atomic E-state index is 16.2. The van der Waals surface area contributed by atoms with Crippen LogP contribution in [0.3, 0.4) is 0 Å². The van der Waals surface area contributed by atoms with Gasteiger partial charge in [0.25, 0.3) is 5.92 Å². The summed E-state index contributed by atoms with van der Waals surface area (Å²) in [6.07, 6.45) is 8.00. The van der Waals surface area contributed by atoms with E-state index in [4.69, 9.17) is 4.99 Å². The lowest BCUT2D eigenvalue weighted by molar-refractivity contribution is -0.0907. The summed E-state index contributed by atoms with van der Waals surface area (Å²) in [6, 6.07) is 4.52. The third-order valence-electron chi connectivity index (χ3n) is 11.5. The van der Waals surface area contributed by atoms with Gasteiger partial charge in [-0.15, -0.1) is 0 Å². The standard InChI is InChI=1S/C38H53F3N6/c1-24(2)45-19-14-29(15-20-45)32-23-33-36-42-26(4)31-12-10-13-34(35(31)39)38(40,41)30-16-21-46(22-17-30)25(3)11-8-9-18-47(28(6)43-36)37(33)44(7)27(32)5/h10,12-13,23-26,29-30H,5-6,8-9,11,14-22H2,1-4,7H3,(H,42,43)/t25?,26-/m1/s1. The molecule has 256 valence electrons. The van der Waals surface area contributed by atoms with Crippen molar-refractivity contribution in [1.82, 2.24) is 24.9 Å². The number of nitrogens with one attached hydrogen (secondary N) is 1. The summed E-state index contributed by atoms with van der Waals surface area (Å²) >= 11 is 0. The highest BCUT2D eigenvalue weighted by atomic mass is 19.3. The molecular weight excluding hydrogens is 597 g/mol. The SMILES string of the molecule is C=C1C(C2CCN(C(C)C)CC2)=CC2=C(N1C)N1CCCCC(C)N3CCC(CC3)C(F)(F)c3cccc(c3F)[C@@H](C)N=C2NC1=C. The Morgan fingerprint density at radius 2 is 1.66 bits per heavy atom. The Balaban J connectivity index is 1.43. The molecule has 0 aromatic heterocycles. The van der Waals surface area contributed by atoms with Gasteiger partial charge in [0.05, 0.1) is 17.2 Å². The first kappa shape index (κ1) is 33.8. The van der Waals surface area contributed by atoms with Gasteiger partial charge in [-0.2, -0.15) is 0 Å². The number of hydrogen-bond acceptors (Lipinski definition) is 6. The Morgan fingerprint density at radius 1 is 0.957 bits per heavy atom. The minimum Gasteiger partial charge on any atom is -0.331 e. The van der Waals surface area contributed by atoms with Gasteiger partial charge >= 0.3 is 0 Å². The summed E-state index contributed by atoms with van der Waals surface area (Å²) in [4.78, 5) is 14.3. The Labute approximate surface area is 279 Å². The Morgan fingerprint density at radius 3 is 2.34 bits per heavy atom. The zero-order valence-electron chi connectivity index (χ0n) is 29.0. The normalized spacial score (nSPS) is 29.6. The Kier molecular flexibility index (Phi) is 9.69. The number of hydrogen-bond donors (Lipinski definition) is 1. The van der Waals surface area contributed by atoms with Crippen LogP contribution in [-0.2, 0) is 5.92 Å². The lowest BCUT2D eigenvalue weighted by Gasteiger charge is -2.45. The second-order valence-electron chi connectivity index (χ2n) is 14.6. The number of nitrogens with zero attached hydrogens (tertiary/aromatic N) is 5. The molecule has 8 aliphatic heterocycles. The van der Waals surface area contributed by atoms with E-state index in [0.29, 0.717) is 55.6 Å². The first-order valence-electron chi connectivity index (χ1n) is 17.7. The number of rotatable bonds is 2. The average Bonchev–Trinajstić information content (AvgIpc) is 3.05. The highest BCUT2D eigenvalue weighted by Gasteiger charge is 2.45. The molecule has 0 amide bonds. The minimum absolute atomic E-state index is 0.175. The van der Waals surface area contributed by atoms with Crippen LogP contribution in [0.25, 0.3) is 0 Å². The van der Waals surface area contributed by atoms with Crippen LogP contribution < -0.4 is 5.32 Å². The predicted molar refractivity (Wildman–Crippen MR) is 184 cm³/mol. The van der Waals surface area contributed by atoms with Crippen molar-refractivity contribution in [2.45, 2.75) is 96.7 Å². The monoisotopic (exact) mass is 650 g/mol. The molecule has 1 aromatic carbocycles. The number of likely N-dealkylation sites (N-methyl/N-ethyl adjacent to an activating group) is 1. The topological polar surface area (TPSA) is 37.4 Å². The highest BCUT2D eigenvalue weighted by molar-refractivity contribution is 6.04. The summed E-state index contributed by atoms with van der Waals surface area (Å²) < 4.78 is 48.2. The fourth-order valence-corrected chi connectivity index (χ4v) is 8.34. The lowest BCUT2D eigenvalue weighted by atomic mass is 9.83. The van der Waals surface area contributed by atoms with Crippen molar-refractivity contribution < 1.29 is 13.2 Å². The van der Waals surface area contributed by atoms with Gasteiger partial charge in [-0.1, -0.05) is 37.8 Å². The quantitative estimate of drug-likeness (QED) is 0.354. The molecule has 47 heavy (non-hydrogen) atoms. The zero-order chi connectivity index (χ0) is 33.6. The van der Waals surface area contributed by atoms with E-state index >= 15 is 13.2 Å². The van der Waals surface area contributed by atoms with E-state index in [0.717, 1.165) is 68.8 Å². The van der Waals surface area contributed by atoms with Gasteiger partial charge in [-0.05, 0) is 110 Å². The molecule has 8 heterocycles. The van der Waals surface area contributed by atoms with Gasteiger partial charge in [0.1, 0.15) is 23.3 Å². The molecule has 8 aliphatic rings. The van der Waals surface area contributed by atoms with E-state index in [-0.39, 0.29) is 5.56 Å². The Bertz CT molecular complexity index is 1460. The number of halogens is 3. The zero-order valence-corrected chi connectivity index (χ0v) is 29.0. The molecular formula is C38H53F3N6. The molecule has 9 heteroatoms. The second-order valence-corrected chi connectivity index (χ2v) is 14.6. The summed E-state index contributed by atoms with van der Waals surface area (Å²) in [7, 11) is 2.06. The summed E-state index contributed by atoms with van der Waals surface area (Å²) in [5.41, 5.74) is 2.76. The molecule has 1 unspecified atom stereocenters. The summed E-state index contributed by atoms with van der Waals surface area (Å²) in [5, 5.41) is 3.45. The molecule has 0 saturated carbocycles. The van der Waals surface area contributed by atoms with Crippen molar-refractivity contribution in [3.05, 3.63) is 82.9 Å². The van der Waals surface area contributed by atoms with E-state index in [9.17, 15) is 0 Å². The molecule has 0 radical (unpaired) electrons. The number of alkyl halides is 2. The first-order chi connectivity index (χ1) is 22.4. The van der Waals surface area contributed by atoms with Gasteiger partial charge in [0.15, 0.2) is 0 Å². The maximum atomic E-state index is 16.2. The lowest BCUT2D eigenvalue weighted by Crippen LogP contribution is -2.48. The summed E-state index contributed by atoms with van der Waals surface area (Å²) in [6.45, 7) is 21.5. The minimum atomic E-state index is -3.26. The molecule has 0 aliphatic carbocycles. The fraction of sp³-hybridized carbons (Fsp3) is 0.605. The molecule has 2 atom stereocenters. The highest BCUT2D eigenvalue weighted by Crippen LogP contribution is 2.45. The second kappa shape index (κ2) is 13.5. The van der Waals surface area contributed by atoms with Crippen molar-refractivity contribution in [3.63, 3.8) is 0 Å². The maximum Gasteiger partial charge on any atom is 0.278 e. The van der Waals surface area contributed by atoms with Crippen LogP contribution in [-0.4, -0.2) is 77.3 Å². The predicted octanol–water partition coefficient (Wildman–Crippen LogP) is 7.76. The average molecular weight is 651 g/mol. The van der Waals surface area contributed by atoms with E-state index in [1.54, 1.807) is 19.1 Å². The van der Waals surface area contributed by atoms with Crippen LogP contribution in [0.1, 0.15) is 89.8 Å². The van der Waals surface area contributed by atoms with E-state index in [1.807, 2.05) is 0 Å². The van der Waals surface area contributed by atoms with Crippen molar-refractivity contribution >= 4 is 5.84 Å². The molecule has 6 bridgehead atoms. The van der Waals surface area contributed by atoms with Crippen molar-refractivity contribution in [2.24, 2.45) is 16.8 Å². The van der Waals surface area contributed by atoms with Gasteiger partial charge in [0.2, 0.25) is 0 Å². The van der Waals surface area contributed by atoms with E-state index in [2.05, 4.69) is 72.0 Å². The van der Waals surface area contributed by atoms with Crippen molar-refractivity contribution in [1.29, 1.82) is 0 Å². The largest absolute Gasteiger partial charge is 0.331 e. The number of benzene rings is 1. The molecule has 0 spiro atoms. The number of piperidine rings is 2. The Hall–Kier alpha value is -3.04. The smallest absolute Gasteiger partial charge is 0.278 e. The number of likely N-dealkylation sites (tertiary alicyclic amines) is 1. The molecule has 6 nitrogen and oxygen atoms in total. The van der Waals surface area contributed by atoms with Gasteiger partial charge in [-0.25, -0.2) is 13.2 Å². The number of amidine groups is 1. The van der Waals surface area contributed by atoms with E-state index < -0.39 is 29.3 Å². The first-order valence-corrected chi connectivity index (χ1v) is 17.7. The van der Waals surface area contributed by atoms with Crippen LogP contribution in [0.2, 0.25) is 0 Å². The summed E-state index contributed by atoms with van der Waals surface area (Å²) in [5.74, 6) is -2.39. The molecule has 9 rings (SSSR count). The van der Waals surface area contributed by atoms with E-state index in [1.165, 1.54) is 11.6 Å². The van der Waals surface area contributed by atoms with Gasteiger partial charge in [0, 0.05) is 42.9 Å². The third-order valence-corrected chi connectivity index (χ3v) is 11.5.